The van der Waals surface area contributed by atoms with Gasteiger partial charge in [0.2, 0.25) is 0 Å². The van der Waals surface area contributed by atoms with Crippen molar-refractivity contribution in [3.63, 3.8) is 0 Å². The molecule has 0 aliphatic rings. The van der Waals surface area contributed by atoms with E-state index in [1.807, 2.05) is 18.2 Å². The fourth-order valence-electron chi connectivity index (χ4n) is 1.53. The zero-order valence-electron chi connectivity index (χ0n) is 9.60. The van der Waals surface area contributed by atoms with E-state index in [4.69, 9.17) is 9.15 Å². The number of hydrogen-bond donors (Lipinski definition) is 1. The molecule has 0 saturated heterocycles. The molecule has 0 radical (unpaired) electrons. The largest absolute Gasteiger partial charge is 0.464 e. The van der Waals surface area contributed by atoms with Gasteiger partial charge in [0.1, 0.15) is 5.52 Å². The number of oxazole rings is 1. The highest BCUT2D eigenvalue weighted by atomic mass is 16.5. The van der Waals surface area contributed by atoms with Crippen molar-refractivity contribution in [2.45, 2.75) is 6.42 Å². The van der Waals surface area contributed by atoms with Crippen LogP contribution in [0.15, 0.2) is 29.0 Å². The Morgan fingerprint density at radius 2 is 2.41 bits per heavy atom. The molecule has 0 aliphatic carbocycles. The van der Waals surface area contributed by atoms with Crippen LogP contribution in [0, 0.1) is 0 Å². The standard InChI is InChI=1S/C12H14N2O3/c1-13-7-12(15)16-5-4-9-2-3-10-11(6-9)17-8-14-10/h2-3,6,8,13H,4-5,7H2,1H3. The molecule has 90 valence electrons. The highest BCUT2D eigenvalue weighted by Crippen LogP contribution is 2.14. The summed E-state index contributed by atoms with van der Waals surface area (Å²) in [5.74, 6) is -0.242. The molecule has 0 spiro atoms. The maximum atomic E-state index is 11.1. The summed E-state index contributed by atoms with van der Waals surface area (Å²) in [6.07, 6.45) is 2.09. The molecule has 0 amide bonds. The maximum Gasteiger partial charge on any atom is 0.319 e. The second-order valence-corrected chi connectivity index (χ2v) is 3.66. The molecule has 1 N–H and O–H groups in total. The first-order chi connectivity index (χ1) is 8.29. The van der Waals surface area contributed by atoms with Gasteiger partial charge in [-0.1, -0.05) is 6.07 Å². The second-order valence-electron chi connectivity index (χ2n) is 3.66. The number of aromatic nitrogens is 1. The molecule has 0 unspecified atom stereocenters. The number of nitrogens with one attached hydrogen (secondary N) is 1. The average Bonchev–Trinajstić information content (AvgIpc) is 2.76. The number of fused-ring (bicyclic) bond motifs is 1. The first kappa shape index (κ1) is 11.6. The molecule has 1 aromatic carbocycles. The van der Waals surface area contributed by atoms with Crippen molar-refractivity contribution in [1.29, 1.82) is 0 Å². The predicted octanol–water partition coefficient (Wildman–Crippen LogP) is 1.13. The van der Waals surface area contributed by atoms with Crippen LogP contribution >= 0.6 is 0 Å². The molecule has 0 saturated carbocycles. The number of carbonyl (C=O) groups excluding carboxylic acids is 1. The van der Waals surface area contributed by atoms with Gasteiger partial charge in [-0.25, -0.2) is 4.98 Å². The summed E-state index contributed by atoms with van der Waals surface area (Å²) < 4.78 is 10.2. The number of hydrogen-bond acceptors (Lipinski definition) is 5. The van der Waals surface area contributed by atoms with Crippen molar-refractivity contribution in [2.24, 2.45) is 0 Å². The number of rotatable bonds is 5. The lowest BCUT2D eigenvalue weighted by Gasteiger charge is -2.04. The van der Waals surface area contributed by atoms with Crippen LogP contribution in [0.1, 0.15) is 5.56 Å². The Labute approximate surface area is 98.8 Å². The second kappa shape index (κ2) is 5.45. The molecule has 2 rings (SSSR count). The molecule has 1 aromatic heterocycles. The summed E-state index contributed by atoms with van der Waals surface area (Å²) in [4.78, 5) is 15.1. The summed E-state index contributed by atoms with van der Waals surface area (Å²) in [6.45, 7) is 0.612. The normalized spacial score (nSPS) is 10.6. The molecule has 0 atom stereocenters. The van der Waals surface area contributed by atoms with E-state index in [0.29, 0.717) is 13.0 Å². The Morgan fingerprint density at radius 1 is 1.53 bits per heavy atom. The molecule has 5 nitrogen and oxygen atoms in total. The third-order valence-electron chi connectivity index (χ3n) is 2.37. The number of likely N-dealkylation sites (N-methyl/N-ethyl adjacent to an activating group) is 1. The zero-order chi connectivity index (χ0) is 12.1. The maximum absolute atomic E-state index is 11.1. The summed E-state index contributed by atoms with van der Waals surface area (Å²) in [5.41, 5.74) is 2.65. The van der Waals surface area contributed by atoms with E-state index in [9.17, 15) is 4.79 Å². The van der Waals surface area contributed by atoms with E-state index in [-0.39, 0.29) is 12.5 Å². The predicted molar refractivity (Wildman–Crippen MR) is 62.6 cm³/mol. The van der Waals surface area contributed by atoms with E-state index < -0.39 is 0 Å². The summed E-state index contributed by atoms with van der Waals surface area (Å²) in [6, 6.07) is 5.76. The SMILES string of the molecule is CNCC(=O)OCCc1ccc2ncoc2c1. The van der Waals surface area contributed by atoms with Crippen LogP contribution < -0.4 is 5.32 Å². The van der Waals surface area contributed by atoms with Crippen LogP contribution in [0.2, 0.25) is 0 Å². The zero-order valence-corrected chi connectivity index (χ0v) is 9.60. The van der Waals surface area contributed by atoms with Crippen LogP contribution in [-0.4, -0.2) is 31.2 Å². The molecule has 2 aromatic rings. The van der Waals surface area contributed by atoms with Gasteiger partial charge < -0.3 is 14.5 Å². The van der Waals surface area contributed by atoms with Gasteiger partial charge in [0.05, 0.1) is 13.2 Å². The monoisotopic (exact) mass is 234 g/mol. The first-order valence-electron chi connectivity index (χ1n) is 5.42. The molecule has 17 heavy (non-hydrogen) atoms. The Hall–Kier alpha value is -1.88. The van der Waals surface area contributed by atoms with Crippen LogP contribution in [0.25, 0.3) is 11.1 Å². The minimum Gasteiger partial charge on any atom is -0.464 e. The van der Waals surface area contributed by atoms with Gasteiger partial charge in [-0.05, 0) is 24.7 Å². The van der Waals surface area contributed by atoms with E-state index in [1.54, 1.807) is 7.05 Å². The fourth-order valence-corrected chi connectivity index (χ4v) is 1.53. The van der Waals surface area contributed by atoms with E-state index in [1.165, 1.54) is 6.39 Å². The number of benzene rings is 1. The molecular formula is C12H14N2O3. The highest BCUT2D eigenvalue weighted by Gasteiger charge is 2.03. The van der Waals surface area contributed by atoms with E-state index >= 15 is 0 Å². The highest BCUT2D eigenvalue weighted by molar-refractivity contribution is 5.73. The van der Waals surface area contributed by atoms with Crippen molar-refractivity contribution < 1.29 is 13.9 Å². The van der Waals surface area contributed by atoms with Crippen molar-refractivity contribution in [3.05, 3.63) is 30.2 Å². The smallest absolute Gasteiger partial charge is 0.319 e. The van der Waals surface area contributed by atoms with Crippen molar-refractivity contribution in [1.82, 2.24) is 10.3 Å². The number of ether oxygens (including phenoxy) is 1. The van der Waals surface area contributed by atoms with Crippen molar-refractivity contribution in [3.8, 4) is 0 Å². The van der Waals surface area contributed by atoms with Gasteiger partial charge in [0, 0.05) is 6.42 Å². The van der Waals surface area contributed by atoms with Gasteiger partial charge in [-0.2, -0.15) is 0 Å². The Balaban J connectivity index is 1.88. The summed E-state index contributed by atoms with van der Waals surface area (Å²) in [5, 5.41) is 2.74. The van der Waals surface area contributed by atoms with Crippen LogP contribution in [0.4, 0.5) is 0 Å². The molecule has 0 aliphatic heterocycles. The van der Waals surface area contributed by atoms with E-state index in [2.05, 4.69) is 10.3 Å². The first-order valence-corrected chi connectivity index (χ1v) is 5.42. The molecular weight excluding hydrogens is 220 g/mol. The molecule has 5 heteroatoms. The minimum atomic E-state index is -0.242. The average molecular weight is 234 g/mol. The molecule has 0 fully saturated rings. The Morgan fingerprint density at radius 3 is 3.24 bits per heavy atom. The van der Waals surface area contributed by atoms with Crippen molar-refractivity contribution in [2.75, 3.05) is 20.2 Å². The Kier molecular flexibility index (Phi) is 3.72. The topological polar surface area (TPSA) is 64.4 Å². The minimum absolute atomic E-state index is 0.237. The summed E-state index contributed by atoms with van der Waals surface area (Å²) in [7, 11) is 1.71. The Bertz CT molecular complexity index is 507. The fraction of sp³-hybridized carbons (Fsp3) is 0.333. The number of esters is 1. The number of carbonyl (C=O) groups is 1. The quantitative estimate of drug-likeness (QED) is 0.786. The molecule has 1 heterocycles. The lowest BCUT2D eigenvalue weighted by molar-refractivity contribution is -0.142. The van der Waals surface area contributed by atoms with Gasteiger partial charge in [-0.15, -0.1) is 0 Å². The lowest BCUT2D eigenvalue weighted by atomic mass is 10.1. The van der Waals surface area contributed by atoms with Gasteiger partial charge in [0.25, 0.3) is 0 Å². The van der Waals surface area contributed by atoms with Crippen LogP contribution in [-0.2, 0) is 16.0 Å². The third-order valence-corrected chi connectivity index (χ3v) is 2.37. The van der Waals surface area contributed by atoms with Crippen LogP contribution in [0.3, 0.4) is 0 Å². The summed E-state index contributed by atoms with van der Waals surface area (Å²) >= 11 is 0. The molecule has 0 bridgehead atoms. The van der Waals surface area contributed by atoms with Crippen LogP contribution in [0.5, 0.6) is 0 Å². The number of nitrogens with zero attached hydrogens (tertiary/aromatic N) is 1. The van der Waals surface area contributed by atoms with Gasteiger partial charge in [-0.3, -0.25) is 4.79 Å². The van der Waals surface area contributed by atoms with E-state index in [0.717, 1.165) is 16.7 Å². The third kappa shape index (κ3) is 3.04. The van der Waals surface area contributed by atoms with Gasteiger partial charge in [0.15, 0.2) is 12.0 Å². The van der Waals surface area contributed by atoms with Crippen molar-refractivity contribution >= 4 is 17.1 Å². The van der Waals surface area contributed by atoms with Gasteiger partial charge >= 0.3 is 5.97 Å². The lowest BCUT2D eigenvalue weighted by Crippen LogP contribution is -2.21.